The second-order valence-corrected chi connectivity index (χ2v) is 5.50. The fourth-order valence-electron chi connectivity index (χ4n) is 3.44. The Morgan fingerprint density at radius 3 is 2.82 bits per heavy atom. The zero-order valence-corrected chi connectivity index (χ0v) is 12.7. The van der Waals surface area contributed by atoms with Crippen molar-refractivity contribution in [2.24, 2.45) is 5.11 Å². The van der Waals surface area contributed by atoms with E-state index in [0.717, 1.165) is 35.5 Å². The molecule has 2 atom stereocenters. The van der Waals surface area contributed by atoms with Gasteiger partial charge in [0.1, 0.15) is 17.5 Å². The minimum Gasteiger partial charge on any atom is -0.497 e. The van der Waals surface area contributed by atoms with Gasteiger partial charge in [0.15, 0.2) is 0 Å². The van der Waals surface area contributed by atoms with Gasteiger partial charge in [-0.3, -0.25) is 4.79 Å². The van der Waals surface area contributed by atoms with Crippen molar-refractivity contribution in [2.45, 2.75) is 31.3 Å². The molecule has 0 unspecified atom stereocenters. The molecule has 1 aromatic rings. The van der Waals surface area contributed by atoms with Crippen LogP contribution in [0.25, 0.3) is 10.4 Å². The number of ether oxygens (including phenoxy) is 2. The highest BCUT2D eigenvalue weighted by Gasteiger charge is 2.40. The number of hydrogen-bond donors (Lipinski definition) is 0. The third-order valence-corrected chi connectivity index (χ3v) is 4.46. The summed E-state index contributed by atoms with van der Waals surface area (Å²) in [5, 5.41) is 3.62. The highest BCUT2D eigenvalue weighted by Crippen LogP contribution is 2.44. The molecule has 2 heterocycles. The third-order valence-electron chi connectivity index (χ3n) is 4.46. The number of carbonyl (C=O) groups excluding carboxylic acids is 1. The standard InChI is InChI=1S/C15H18N4O3/c1-21-10-7-9-5-6-19-12(14(9)13(8-10)22-2)4-3-11(15(19)20)17-18-16/h7-8,11-12H,3-6H2,1-2H3/t11-,12-/m0/s1. The molecule has 1 saturated heterocycles. The van der Waals surface area contributed by atoms with Gasteiger partial charge in [-0.05, 0) is 36.4 Å². The number of carbonyl (C=O) groups is 1. The summed E-state index contributed by atoms with van der Waals surface area (Å²) in [5.74, 6) is 1.43. The van der Waals surface area contributed by atoms with Crippen molar-refractivity contribution in [1.29, 1.82) is 0 Å². The number of rotatable bonds is 3. The van der Waals surface area contributed by atoms with Crippen LogP contribution in [0.3, 0.4) is 0 Å². The molecule has 116 valence electrons. The predicted octanol–water partition coefficient (Wildman–Crippen LogP) is 2.60. The van der Waals surface area contributed by atoms with E-state index in [9.17, 15) is 4.79 Å². The Kier molecular flexibility index (Phi) is 3.81. The molecule has 7 nitrogen and oxygen atoms in total. The van der Waals surface area contributed by atoms with E-state index in [1.807, 2.05) is 17.0 Å². The maximum atomic E-state index is 12.5. The van der Waals surface area contributed by atoms with E-state index in [-0.39, 0.29) is 11.9 Å². The summed E-state index contributed by atoms with van der Waals surface area (Å²) >= 11 is 0. The van der Waals surface area contributed by atoms with Gasteiger partial charge in [0.25, 0.3) is 0 Å². The Bertz CT molecular complexity index is 637. The summed E-state index contributed by atoms with van der Waals surface area (Å²) in [5.41, 5.74) is 10.8. The highest BCUT2D eigenvalue weighted by molar-refractivity contribution is 5.84. The average Bonchev–Trinajstić information content (AvgIpc) is 2.55. The number of methoxy groups -OCH3 is 2. The van der Waals surface area contributed by atoms with Gasteiger partial charge < -0.3 is 14.4 Å². The summed E-state index contributed by atoms with van der Waals surface area (Å²) in [6.45, 7) is 0.629. The zero-order valence-electron chi connectivity index (χ0n) is 12.7. The van der Waals surface area contributed by atoms with Gasteiger partial charge in [-0.1, -0.05) is 5.11 Å². The smallest absolute Gasteiger partial charge is 0.232 e. The van der Waals surface area contributed by atoms with Crippen molar-refractivity contribution in [3.05, 3.63) is 33.7 Å². The number of piperidine rings is 1. The second-order valence-electron chi connectivity index (χ2n) is 5.50. The van der Waals surface area contributed by atoms with Crippen LogP contribution in [0.5, 0.6) is 11.5 Å². The molecule has 1 aromatic carbocycles. The normalized spacial score (nSPS) is 23.2. The van der Waals surface area contributed by atoms with Crippen LogP contribution >= 0.6 is 0 Å². The van der Waals surface area contributed by atoms with Gasteiger partial charge in [-0.2, -0.15) is 0 Å². The van der Waals surface area contributed by atoms with Crippen LogP contribution in [-0.2, 0) is 11.2 Å². The first-order valence-corrected chi connectivity index (χ1v) is 7.29. The molecular formula is C15H18N4O3. The largest absolute Gasteiger partial charge is 0.497 e. The van der Waals surface area contributed by atoms with Crippen LogP contribution in [0, 0.1) is 0 Å². The average molecular weight is 302 g/mol. The zero-order chi connectivity index (χ0) is 15.7. The van der Waals surface area contributed by atoms with Crippen molar-refractivity contribution < 1.29 is 14.3 Å². The lowest BCUT2D eigenvalue weighted by Crippen LogP contribution is -2.48. The number of nitrogens with zero attached hydrogens (tertiary/aromatic N) is 4. The van der Waals surface area contributed by atoms with Crippen molar-refractivity contribution in [2.75, 3.05) is 20.8 Å². The summed E-state index contributed by atoms with van der Waals surface area (Å²) < 4.78 is 10.8. The van der Waals surface area contributed by atoms with E-state index in [4.69, 9.17) is 15.0 Å². The van der Waals surface area contributed by atoms with E-state index in [1.165, 1.54) is 0 Å². The fraction of sp³-hybridized carbons (Fsp3) is 0.533. The van der Waals surface area contributed by atoms with Crippen molar-refractivity contribution >= 4 is 5.91 Å². The van der Waals surface area contributed by atoms with Gasteiger partial charge in [-0.15, -0.1) is 0 Å². The third kappa shape index (κ3) is 2.23. The topological polar surface area (TPSA) is 87.5 Å². The predicted molar refractivity (Wildman–Crippen MR) is 79.9 cm³/mol. The Morgan fingerprint density at radius 1 is 1.32 bits per heavy atom. The highest BCUT2D eigenvalue weighted by atomic mass is 16.5. The van der Waals surface area contributed by atoms with Crippen LogP contribution in [-0.4, -0.2) is 37.6 Å². The SMILES string of the molecule is COc1cc2c(c(OC)c1)[C@@H]1CC[C@H](N=[N+]=[N-])C(=O)N1CC2. The molecule has 0 spiro atoms. The maximum absolute atomic E-state index is 12.5. The number of benzene rings is 1. The molecule has 2 aliphatic heterocycles. The van der Waals surface area contributed by atoms with Crippen LogP contribution < -0.4 is 9.47 Å². The summed E-state index contributed by atoms with van der Waals surface area (Å²) in [4.78, 5) is 17.1. The molecular weight excluding hydrogens is 284 g/mol. The maximum Gasteiger partial charge on any atom is 0.232 e. The first-order chi connectivity index (χ1) is 10.7. The number of azide groups is 1. The lowest BCUT2D eigenvalue weighted by atomic mass is 9.84. The van der Waals surface area contributed by atoms with Crippen LogP contribution in [0.1, 0.15) is 30.0 Å². The quantitative estimate of drug-likeness (QED) is 0.488. The second kappa shape index (κ2) is 5.77. The first kappa shape index (κ1) is 14.5. The Morgan fingerprint density at radius 2 is 2.14 bits per heavy atom. The molecule has 7 heteroatoms. The van der Waals surface area contributed by atoms with Crippen molar-refractivity contribution in [1.82, 2.24) is 4.90 Å². The molecule has 0 N–H and O–H groups in total. The van der Waals surface area contributed by atoms with Gasteiger partial charge in [0.05, 0.1) is 20.3 Å². The minimum atomic E-state index is -0.577. The van der Waals surface area contributed by atoms with Gasteiger partial charge in [0, 0.05) is 23.1 Å². The van der Waals surface area contributed by atoms with E-state index in [1.54, 1.807) is 14.2 Å². The molecule has 0 aromatic heterocycles. The Labute approximate surface area is 128 Å². The molecule has 3 rings (SSSR count). The summed E-state index contributed by atoms with van der Waals surface area (Å²) in [6, 6.07) is 3.28. The molecule has 0 bridgehead atoms. The van der Waals surface area contributed by atoms with Crippen LogP contribution in [0.4, 0.5) is 0 Å². The van der Waals surface area contributed by atoms with Crippen LogP contribution in [0.15, 0.2) is 17.2 Å². The monoisotopic (exact) mass is 302 g/mol. The molecule has 0 saturated carbocycles. The molecule has 22 heavy (non-hydrogen) atoms. The lowest BCUT2D eigenvalue weighted by Gasteiger charge is -2.42. The van der Waals surface area contributed by atoms with E-state index in [0.29, 0.717) is 13.0 Å². The Hall–Kier alpha value is -2.40. The number of amides is 1. The van der Waals surface area contributed by atoms with Gasteiger partial charge in [0.2, 0.25) is 5.91 Å². The molecule has 1 fully saturated rings. The minimum absolute atomic E-state index is 0.0118. The first-order valence-electron chi connectivity index (χ1n) is 7.29. The fourth-order valence-corrected chi connectivity index (χ4v) is 3.44. The van der Waals surface area contributed by atoms with Gasteiger partial charge in [-0.25, -0.2) is 0 Å². The summed E-state index contributed by atoms with van der Waals surface area (Å²) in [7, 11) is 3.26. The molecule has 1 amide bonds. The van der Waals surface area contributed by atoms with E-state index in [2.05, 4.69) is 10.0 Å². The van der Waals surface area contributed by atoms with Crippen LogP contribution in [0.2, 0.25) is 0 Å². The molecule has 0 aliphatic carbocycles. The summed E-state index contributed by atoms with van der Waals surface area (Å²) in [6.07, 6.45) is 2.08. The van der Waals surface area contributed by atoms with Crippen molar-refractivity contribution in [3.63, 3.8) is 0 Å². The molecule has 2 aliphatic rings. The van der Waals surface area contributed by atoms with Crippen molar-refractivity contribution in [3.8, 4) is 11.5 Å². The number of hydrogen-bond acceptors (Lipinski definition) is 4. The van der Waals surface area contributed by atoms with E-state index >= 15 is 0 Å². The Balaban J connectivity index is 2.01. The van der Waals surface area contributed by atoms with E-state index < -0.39 is 6.04 Å². The number of fused-ring (bicyclic) bond motifs is 3. The molecule has 0 radical (unpaired) electrons. The van der Waals surface area contributed by atoms with Gasteiger partial charge >= 0.3 is 0 Å². The lowest BCUT2D eigenvalue weighted by molar-refractivity contribution is -0.138.